The van der Waals surface area contributed by atoms with Crippen LogP contribution < -0.4 is 0 Å². The summed E-state index contributed by atoms with van der Waals surface area (Å²) in [6.45, 7) is 0.883. The van der Waals surface area contributed by atoms with Crippen molar-refractivity contribution in [1.82, 2.24) is 25.2 Å². The number of aromatic nitrogens is 5. The molecular formula is C10H10BrN5. The molecule has 0 bridgehead atoms. The molecule has 0 amide bonds. The van der Waals surface area contributed by atoms with E-state index in [1.807, 2.05) is 6.07 Å². The SMILES string of the molecule is Brc1cncc(-c2nnn(CC3CC3)n2)c1. The smallest absolute Gasteiger partial charge is 0.206 e. The zero-order chi connectivity index (χ0) is 11.0. The van der Waals surface area contributed by atoms with Crippen molar-refractivity contribution in [2.45, 2.75) is 19.4 Å². The normalized spacial score (nSPS) is 15.3. The molecule has 0 saturated heterocycles. The summed E-state index contributed by atoms with van der Waals surface area (Å²) in [5.41, 5.74) is 0.886. The fourth-order valence-corrected chi connectivity index (χ4v) is 1.87. The topological polar surface area (TPSA) is 56.5 Å². The van der Waals surface area contributed by atoms with Crippen LogP contribution in [0.25, 0.3) is 11.4 Å². The summed E-state index contributed by atoms with van der Waals surface area (Å²) in [5, 5.41) is 12.4. The monoisotopic (exact) mass is 279 g/mol. The van der Waals surface area contributed by atoms with Gasteiger partial charge in [0.25, 0.3) is 0 Å². The van der Waals surface area contributed by atoms with Gasteiger partial charge < -0.3 is 0 Å². The summed E-state index contributed by atoms with van der Waals surface area (Å²) in [4.78, 5) is 5.75. The average molecular weight is 280 g/mol. The van der Waals surface area contributed by atoms with E-state index < -0.39 is 0 Å². The number of rotatable bonds is 3. The van der Waals surface area contributed by atoms with Crippen LogP contribution in [0.1, 0.15) is 12.8 Å². The van der Waals surface area contributed by atoms with E-state index in [9.17, 15) is 0 Å². The Kier molecular flexibility index (Phi) is 2.43. The third-order valence-electron chi connectivity index (χ3n) is 2.53. The van der Waals surface area contributed by atoms with Gasteiger partial charge in [-0.15, -0.1) is 10.2 Å². The van der Waals surface area contributed by atoms with Crippen molar-refractivity contribution in [2.24, 2.45) is 5.92 Å². The Morgan fingerprint density at radius 1 is 1.38 bits per heavy atom. The molecule has 16 heavy (non-hydrogen) atoms. The standard InChI is InChI=1S/C10H10BrN5/c11-9-3-8(4-12-5-9)10-13-15-16(14-10)6-7-1-2-7/h3-5,7H,1-2,6H2. The van der Waals surface area contributed by atoms with E-state index in [4.69, 9.17) is 0 Å². The summed E-state index contributed by atoms with van der Waals surface area (Å²) >= 11 is 3.37. The Morgan fingerprint density at radius 3 is 3.00 bits per heavy atom. The second kappa shape index (κ2) is 3.93. The zero-order valence-corrected chi connectivity index (χ0v) is 10.1. The molecule has 3 rings (SSSR count). The average Bonchev–Trinajstić information content (AvgIpc) is 2.94. The molecule has 0 aromatic carbocycles. The Hall–Kier alpha value is -1.30. The molecule has 1 aliphatic rings. The third kappa shape index (κ3) is 2.11. The Balaban J connectivity index is 1.85. The lowest BCUT2D eigenvalue weighted by molar-refractivity contribution is 0.486. The van der Waals surface area contributed by atoms with Crippen LogP contribution in [0.15, 0.2) is 22.9 Å². The van der Waals surface area contributed by atoms with Crippen LogP contribution in [0.4, 0.5) is 0 Å². The molecule has 0 spiro atoms. The van der Waals surface area contributed by atoms with Crippen molar-refractivity contribution in [3.63, 3.8) is 0 Å². The molecule has 5 nitrogen and oxygen atoms in total. The Labute approximate surface area is 101 Å². The van der Waals surface area contributed by atoms with Crippen LogP contribution in [-0.2, 0) is 6.54 Å². The van der Waals surface area contributed by atoms with Crippen molar-refractivity contribution < 1.29 is 0 Å². The minimum Gasteiger partial charge on any atom is -0.263 e. The molecule has 2 heterocycles. The van der Waals surface area contributed by atoms with Crippen LogP contribution in [0, 0.1) is 5.92 Å². The summed E-state index contributed by atoms with van der Waals surface area (Å²) in [5.74, 6) is 1.39. The predicted molar refractivity (Wildman–Crippen MR) is 61.5 cm³/mol. The molecule has 1 saturated carbocycles. The van der Waals surface area contributed by atoms with Crippen LogP contribution in [0.2, 0.25) is 0 Å². The fraction of sp³-hybridized carbons (Fsp3) is 0.400. The number of pyridine rings is 1. The maximum absolute atomic E-state index is 4.34. The summed E-state index contributed by atoms with van der Waals surface area (Å²) < 4.78 is 0.920. The van der Waals surface area contributed by atoms with Crippen molar-refractivity contribution in [3.8, 4) is 11.4 Å². The highest BCUT2D eigenvalue weighted by Crippen LogP contribution is 2.30. The lowest BCUT2D eigenvalue weighted by Crippen LogP contribution is -2.03. The Morgan fingerprint density at radius 2 is 2.25 bits per heavy atom. The van der Waals surface area contributed by atoms with Gasteiger partial charge in [-0.3, -0.25) is 4.98 Å². The molecule has 1 aliphatic carbocycles. The minimum absolute atomic E-state index is 0.634. The molecule has 2 aromatic rings. The van der Waals surface area contributed by atoms with Gasteiger partial charge in [0.1, 0.15) is 0 Å². The summed E-state index contributed by atoms with van der Waals surface area (Å²) in [7, 11) is 0. The van der Waals surface area contributed by atoms with Gasteiger partial charge in [0.05, 0.1) is 6.54 Å². The van der Waals surface area contributed by atoms with Gasteiger partial charge in [-0.25, -0.2) is 0 Å². The summed E-state index contributed by atoms with van der Waals surface area (Å²) in [6, 6.07) is 1.94. The van der Waals surface area contributed by atoms with E-state index in [1.165, 1.54) is 12.8 Å². The summed E-state index contributed by atoms with van der Waals surface area (Å²) in [6.07, 6.45) is 6.05. The number of halogens is 1. The van der Waals surface area contributed by atoms with Gasteiger partial charge in [-0.1, -0.05) is 0 Å². The first-order valence-corrected chi connectivity index (χ1v) is 5.99. The van der Waals surface area contributed by atoms with Gasteiger partial charge in [-0.05, 0) is 46.0 Å². The van der Waals surface area contributed by atoms with Gasteiger partial charge in [0, 0.05) is 22.4 Å². The maximum Gasteiger partial charge on any atom is 0.206 e. The second-order valence-electron chi connectivity index (χ2n) is 4.00. The number of nitrogens with zero attached hydrogens (tertiary/aromatic N) is 5. The van der Waals surface area contributed by atoms with E-state index >= 15 is 0 Å². The molecule has 0 aliphatic heterocycles. The molecule has 0 unspecified atom stereocenters. The highest BCUT2D eigenvalue weighted by atomic mass is 79.9. The highest BCUT2D eigenvalue weighted by Gasteiger charge is 2.23. The van der Waals surface area contributed by atoms with E-state index in [0.29, 0.717) is 5.82 Å². The van der Waals surface area contributed by atoms with Crippen LogP contribution in [0.5, 0.6) is 0 Å². The maximum atomic E-state index is 4.34. The molecule has 82 valence electrons. The number of hydrogen-bond donors (Lipinski definition) is 0. The van der Waals surface area contributed by atoms with Crippen LogP contribution in [0.3, 0.4) is 0 Å². The van der Waals surface area contributed by atoms with Crippen molar-refractivity contribution >= 4 is 15.9 Å². The van der Waals surface area contributed by atoms with Crippen molar-refractivity contribution in [1.29, 1.82) is 0 Å². The first kappa shape index (κ1) is 9.89. The minimum atomic E-state index is 0.634. The molecule has 1 fully saturated rings. The van der Waals surface area contributed by atoms with Crippen LogP contribution in [-0.4, -0.2) is 25.2 Å². The predicted octanol–water partition coefficient (Wildman–Crippen LogP) is 1.91. The zero-order valence-electron chi connectivity index (χ0n) is 8.54. The molecule has 0 radical (unpaired) electrons. The first-order valence-electron chi connectivity index (χ1n) is 5.20. The largest absolute Gasteiger partial charge is 0.263 e. The molecule has 0 N–H and O–H groups in total. The first-order chi connectivity index (χ1) is 7.81. The molecule has 2 aromatic heterocycles. The highest BCUT2D eigenvalue weighted by molar-refractivity contribution is 9.10. The molecule has 0 atom stereocenters. The lowest BCUT2D eigenvalue weighted by atomic mass is 10.3. The van der Waals surface area contributed by atoms with Gasteiger partial charge in [0.15, 0.2) is 0 Å². The lowest BCUT2D eigenvalue weighted by Gasteiger charge is -1.95. The van der Waals surface area contributed by atoms with Gasteiger partial charge in [0.2, 0.25) is 5.82 Å². The Bertz CT molecular complexity index is 505. The van der Waals surface area contributed by atoms with Gasteiger partial charge in [-0.2, -0.15) is 4.80 Å². The fourth-order valence-electron chi connectivity index (χ4n) is 1.50. The van der Waals surface area contributed by atoms with Crippen molar-refractivity contribution in [2.75, 3.05) is 0 Å². The van der Waals surface area contributed by atoms with E-state index in [2.05, 4.69) is 36.3 Å². The second-order valence-corrected chi connectivity index (χ2v) is 4.92. The third-order valence-corrected chi connectivity index (χ3v) is 2.97. The van der Waals surface area contributed by atoms with Crippen LogP contribution >= 0.6 is 15.9 Å². The van der Waals surface area contributed by atoms with Gasteiger partial charge >= 0.3 is 0 Å². The number of hydrogen-bond acceptors (Lipinski definition) is 4. The quantitative estimate of drug-likeness (QED) is 0.861. The van der Waals surface area contributed by atoms with Crippen molar-refractivity contribution in [3.05, 3.63) is 22.9 Å². The molecular weight excluding hydrogens is 270 g/mol. The van der Waals surface area contributed by atoms with E-state index in [1.54, 1.807) is 17.2 Å². The van der Waals surface area contributed by atoms with E-state index in [0.717, 1.165) is 22.5 Å². The van der Waals surface area contributed by atoms with E-state index in [-0.39, 0.29) is 0 Å². The number of tetrazole rings is 1. The molecule has 6 heteroatoms.